The van der Waals surface area contributed by atoms with Crippen molar-refractivity contribution >= 4 is 30.7 Å². The Morgan fingerprint density at radius 1 is 1.04 bits per heavy atom. The molecule has 0 aliphatic heterocycles. The van der Waals surface area contributed by atoms with Crippen LogP contribution < -0.4 is 0 Å². The zero-order valence-electron chi connectivity index (χ0n) is 15.2. The number of benzene rings is 1. The van der Waals surface area contributed by atoms with E-state index in [4.69, 9.17) is 11.6 Å². The Labute approximate surface area is 149 Å². The van der Waals surface area contributed by atoms with Crippen LogP contribution in [0.3, 0.4) is 0 Å². The Hall–Kier alpha value is -1.65. The van der Waals surface area contributed by atoms with Crippen molar-refractivity contribution in [3.05, 3.63) is 47.5 Å². The lowest BCUT2D eigenvalue weighted by Gasteiger charge is -2.38. The van der Waals surface area contributed by atoms with Gasteiger partial charge in [0.25, 0.3) is 0 Å². The molecule has 0 unspecified atom stereocenters. The summed E-state index contributed by atoms with van der Waals surface area (Å²) < 4.78 is 2.50. The molecule has 0 saturated heterocycles. The molecule has 3 nitrogen and oxygen atoms in total. The largest absolute Gasteiger partial charge is 0.374 e. The molecule has 0 atom stereocenters. The first-order valence-electron chi connectivity index (χ1n) is 8.23. The van der Waals surface area contributed by atoms with Crippen LogP contribution in [-0.2, 0) is 0 Å². The van der Waals surface area contributed by atoms with Gasteiger partial charge in [-0.25, -0.2) is 9.97 Å². The summed E-state index contributed by atoms with van der Waals surface area (Å²) in [6, 6.07) is 10.5. The summed E-state index contributed by atoms with van der Waals surface area (Å²) in [6.07, 6.45) is 2.24. The quantitative estimate of drug-likeness (QED) is 0.421. The molecule has 0 aliphatic rings. The van der Waals surface area contributed by atoms with Crippen molar-refractivity contribution in [2.24, 2.45) is 0 Å². The van der Waals surface area contributed by atoms with Gasteiger partial charge in [-0.1, -0.05) is 57.6 Å². The fourth-order valence-corrected chi connectivity index (χ4v) is 5.01. The molecule has 126 valence electrons. The molecule has 24 heavy (non-hydrogen) atoms. The second-order valence-corrected chi connectivity index (χ2v) is 13.4. The van der Waals surface area contributed by atoms with E-state index in [-0.39, 0.29) is 5.04 Å². The van der Waals surface area contributed by atoms with E-state index in [0.29, 0.717) is 11.0 Å². The van der Waals surface area contributed by atoms with Gasteiger partial charge in [0.2, 0.25) is 0 Å². The fraction of sp³-hybridized carbons (Fsp3) is 0.368. The molecule has 0 aliphatic carbocycles. The summed E-state index contributed by atoms with van der Waals surface area (Å²) >= 11 is 6.11. The lowest BCUT2D eigenvalue weighted by atomic mass is 10.1. The molecule has 0 saturated carbocycles. The highest BCUT2D eigenvalue weighted by Gasteiger charge is 2.38. The molecule has 5 heteroatoms. The molecule has 0 fully saturated rings. The van der Waals surface area contributed by atoms with E-state index in [2.05, 4.69) is 78.5 Å². The van der Waals surface area contributed by atoms with Crippen molar-refractivity contribution in [1.29, 1.82) is 0 Å². The van der Waals surface area contributed by atoms with Crippen LogP contribution in [0.25, 0.3) is 22.2 Å². The highest BCUT2D eigenvalue weighted by molar-refractivity contribution is 6.79. The fourth-order valence-electron chi connectivity index (χ4n) is 2.82. The van der Waals surface area contributed by atoms with Crippen molar-refractivity contribution in [2.45, 2.75) is 45.8 Å². The first-order valence-corrected chi connectivity index (χ1v) is 11.6. The Morgan fingerprint density at radius 3 is 2.38 bits per heavy atom. The predicted octanol–water partition coefficient (Wildman–Crippen LogP) is 5.91. The number of hydrogen-bond acceptors (Lipinski definition) is 2. The third-order valence-corrected chi connectivity index (χ3v) is 10.7. The number of hydrogen-bond donors (Lipinski definition) is 0. The van der Waals surface area contributed by atoms with Gasteiger partial charge in [-0.3, -0.25) is 0 Å². The van der Waals surface area contributed by atoms with E-state index < -0.39 is 8.24 Å². The standard InChI is InChI=1S/C19H24ClN3Si/c1-13-21-16(12-18(20)22-13)15-8-7-14-9-10-23(17(14)11-15)24(5,6)19(2,3)4/h7-12H,1-6H3. The molecule has 3 rings (SSSR count). The summed E-state index contributed by atoms with van der Waals surface area (Å²) in [4.78, 5) is 8.70. The van der Waals surface area contributed by atoms with Crippen LogP contribution in [0.2, 0.25) is 23.3 Å². The van der Waals surface area contributed by atoms with Crippen LogP contribution >= 0.6 is 11.6 Å². The average Bonchev–Trinajstić information content (AvgIpc) is 2.88. The first-order chi connectivity index (χ1) is 11.1. The highest BCUT2D eigenvalue weighted by Crippen LogP contribution is 2.39. The van der Waals surface area contributed by atoms with E-state index in [0.717, 1.165) is 11.3 Å². The number of nitrogens with zero attached hydrogens (tertiary/aromatic N) is 3. The Kier molecular flexibility index (Phi) is 4.09. The second kappa shape index (κ2) is 5.71. The van der Waals surface area contributed by atoms with Gasteiger partial charge in [0.15, 0.2) is 8.24 Å². The van der Waals surface area contributed by atoms with E-state index in [1.807, 2.05) is 13.0 Å². The van der Waals surface area contributed by atoms with Crippen LogP contribution in [0.5, 0.6) is 0 Å². The van der Waals surface area contributed by atoms with Crippen molar-refractivity contribution in [3.8, 4) is 11.3 Å². The van der Waals surface area contributed by atoms with Gasteiger partial charge >= 0.3 is 0 Å². The lowest BCUT2D eigenvalue weighted by molar-refractivity contribution is 0.703. The first kappa shape index (κ1) is 17.2. The summed E-state index contributed by atoms with van der Waals surface area (Å²) in [7, 11) is -1.68. The zero-order chi connectivity index (χ0) is 17.7. The molecular weight excluding hydrogens is 334 g/mol. The van der Waals surface area contributed by atoms with Gasteiger partial charge < -0.3 is 4.23 Å². The predicted molar refractivity (Wildman–Crippen MR) is 105 cm³/mol. The minimum Gasteiger partial charge on any atom is -0.374 e. The molecule has 0 spiro atoms. The molecule has 0 N–H and O–H groups in total. The monoisotopic (exact) mass is 357 g/mol. The van der Waals surface area contributed by atoms with Crippen molar-refractivity contribution in [1.82, 2.24) is 14.2 Å². The second-order valence-electron chi connectivity index (χ2n) is 7.89. The van der Waals surface area contributed by atoms with Gasteiger partial charge in [0, 0.05) is 17.1 Å². The molecule has 2 heterocycles. The van der Waals surface area contributed by atoms with Crippen LogP contribution in [0, 0.1) is 6.92 Å². The Balaban J connectivity index is 2.19. The number of fused-ring (bicyclic) bond motifs is 1. The minimum absolute atomic E-state index is 0.268. The molecule has 0 bridgehead atoms. The maximum absolute atomic E-state index is 6.11. The van der Waals surface area contributed by atoms with Crippen LogP contribution in [0.4, 0.5) is 0 Å². The molecule has 0 radical (unpaired) electrons. The SMILES string of the molecule is Cc1nc(Cl)cc(-c2ccc3ccn([Si](C)(C)C(C)(C)C)c3c2)n1. The summed E-state index contributed by atoms with van der Waals surface area (Å²) in [5.74, 6) is 0.692. The van der Waals surface area contributed by atoms with E-state index >= 15 is 0 Å². The topological polar surface area (TPSA) is 30.7 Å². The summed E-state index contributed by atoms with van der Waals surface area (Å²) in [5.41, 5.74) is 3.22. The third-order valence-electron chi connectivity index (χ3n) is 5.23. The van der Waals surface area contributed by atoms with Crippen LogP contribution in [0.15, 0.2) is 36.5 Å². The van der Waals surface area contributed by atoms with Crippen LogP contribution in [-0.4, -0.2) is 22.4 Å². The maximum Gasteiger partial charge on any atom is 0.161 e. The van der Waals surface area contributed by atoms with E-state index in [1.54, 1.807) is 0 Å². The number of halogens is 1. The summed E-state index contributed by atoms with van der Waals surface area (Å²) in [6.45, 7) is 13.7. The molecule has 2 aromatic heterocycles. The Bertz CT molecular complexity index is 886. The van der Waals surface area contributed by atoms with Crippen LogP contribution in [0.1, 0.15) is 26.6 Å². The third kappa shape index (κ3) is 2.89. The molecule has 0 amide bonds. The Morgan fingerprint density at radius 2 is 1.75 bits per heavy atom. The highest BCUT2D eigenvalue weighted by atomic mass is 35.5. The van der Waals surface area contributed by atoms with Gasteiger partial charge in [-0.2, -0.15) is 0 Å². The number of rotatable bonds is 2. The normalized spacial score (nSPS) is 12.8. The number of aryl methyl sites for hydroxylation is 1. The summed E-state index contributed by atoms with van der Waals surface area (Å²) in [5, 5.41) is 2.02. The van der Waals surface area contributed by atoms with E-state index in [9.17, 15) is 0 Å². The minimum atomic E-state index is -1.68. The average molecular weight is 358 g/mol. The lowest BCUT2D eigenvalue weighted by Crippen LogP contribution is -2.44. The van der Waals surface area contributed by atoms with Gasteiger partial charge in [-0.05, 0) is 35.7 Å². The van der Waals surface area contributed by atoms with Gasteiger partial charge in [-0.15, -0.1) is 0 Å². The van der Waals surface area contributed by atoms with Crippen molar-refractivity contribution in [2.75, 3.05) is 0 Å². The number of aromatic nitrogens is 3. The maximum atomic E-state index is 6.11. The molecule has 3 aromatic rings. The molecular formula is C19H24ClN3Si. The molecule has 1 aromatic carbocycles. The van der Waals surface area contributed by atoms with Crippen molar-refractivity contribution in [3.63, 3.8) is 0 Å². The van der Waals surface area contributed by atoms with Crippen molar-refractivity contribution < 1.29 is 0 Å². The smallest absolute Gasteiger partial charge is 0.161 e. The van der Waals surface area contributed by atoms with E-state index in [1.165, 1.54) is 10.9 Å². The zero-order valence-corrected chi connectivity index (χ0v) is 16.9. The van der Waals surface area contributed by atoms with Gasteiger partial charge in [0.1, 0.15) is 11.0 Å². The van der Waals surface area contributed by atoms with Gasteiger partial charge in [0.05, 0.1) is 5.69 Å².